The molecule has 0 amide bonds. The molecule has 2 heterocycles. The summed E-state index contributed by atoms with van der Waals surface area (Å²) in [4.78, 5) is 4.31. The summed E-state index contributed by atoms with van der Waals surface area (Å²) >= 11 is 12.4. The van der Waals surface area contributed by atoms with Gasteiger partial charge in [-0.2, -0.15) is 5.10 Å². The maximum Gasteiger partial charge on any atom is 0.150 e. The van der Waals surface area contributed by atoms with E-state index in [-0.39, 0.29) is 23.5 Å². The van der Waals surface area contributed by atoms with E-state index in [9.17, 15) is 8.42 Å². The number of aromatic nitrogens is 3. The first kappa shape index (κ1) is 17.0. The van der Waals surface area contributed by atoms with E-state index in [4.69, 9.17) is 23.2 Å². The minimum absolute atomic E-state index is 0.0187. The summed E-state index contributed by atoms with van der Waals surface area (Å²) in [6.45, 7) is 4.06. The summed E-state index contributed by atoms with van der Waals surface area (Å²) in [5.41, 5.74) is -0.452. The maximum atomic E-state index is 11.8. The molecule has 1 unspecified atom stereocenters. The number of sulfone groups is 1. The molecule has 0 radical (unpaired) electrons. The molecule has 120 valence electrons. The van der Waals surface area contributed by atoms with E-state index >= 15 is 0 Å². The van der Waals surface area contributed by atoms with Crippen LogP contribution in [0.5, 0.6) is 0 Å². The van der Waals surface area contributed by atoms with Crippen LogP contribution in [0.4, 0.5) is 0 Å². The molecular weight excluding hydrogens is 333 g/mol. The molecule has 5 nitrogen and oxygen atoms in total. The summed E-state index contributed by atoms with van der Waals surface area (Å²) in [5, 5.41) is 4.22. The average molecular weight is 354 g/mol. The molecule has 1 fully saturated rings. The molecule has 0 aromatic carbocycles. The van der Waals surface area contributed by atoms with Crippen molar-refractivity contribution in [3.8, 4) is 0 Å². The van der Waals surface area contributed by atoms with Gasteiger partial charge in [-0.3, -0.25) is 0 Å². The van der Waals surface area contributed by atoms with Gasteiger partial charge < -0.3 is 0 Å². The van der Waals surface area contributed by atoms with Crippen molar-refractivity contribution < 1.29 is 8.42 Å². The molecule has 1 saturated heterocycles. The van der Waals surface area contributed by atoms with E-state index in [2.05, 4.69) is 10.1 Å². The van der Waals surface area contributed by atoms with E-state index in [0.717, 1.165) is 5.82 Å². The van der Waals surface area contributed by atoms with Crippen molar-refractivity contribution in [2.24, 2.45) is 11.3 Å². The van der Waals surface area contributed by atoms with Crippen molar-refractivity contribution in [3.05, 3.63) is 12.2 Å². The van der Waals surface area contributed by atoms with Gasteiger partial charge >= 0.3 is 0 Å². The van der Waals surface area contributed by atoms with Gasteiger partial charge in [0, 0.05) is 29.6 Å². The molecule has 8 heteroatoms. The molecule has 1 aromatic heterocycles. The van der Waals surface area contributed by atoms with Crippen LogP contribution in [0.15, 0.2) is 6.33 Å². The number of nitrogens with zero attached hydrogens (tertiary/aromatic N) is 3. The van der Waals surface area contributed by atoms with Crippen LogP contribution in [0, 0.1) is 11.3 Å². The second kappa shape index (κ2) is 6.42. The largest absolute Gasteiger partial charge is 0.248 e. The first-order valence-corrected chi connectivity index (χ1v) is 9.93. The van der Waals surface area contributed by atoms with Crippen LogP contribution in [-0.2, 0) is 16.3 Å². The molecular formula is C13H21Cl2N3O2S. The Bertz CT molecular complexity index is 582. The number of hydrogen-bond acceptors (Lipinski definition) is 4. The zero-order chi connectivity index (χ0) is 15.7. The van der Waals surface area contributed by atoms with Gasteiger partial charge in [0.2, 0.25) is 0 Å². The van der Waals surface area contributed by atoms with Gasteiger partial charge in [0.05, 0.1) is 11.5 Å². The summed E-state index contributed by atoms with van der Waals surface area (Å²) in [7, 11) is -2.96. The monoisotopic (exact) mass is 353 g/mol. The third-order valence-corrected chi connectivity index (χ3v) is 7.11. The molecule has 1 aliphatic heterocycles. The van der Waals surface area contributed by atoms with Crippen LogP contribution in [0.25, 0.3) is 0 Å². The highest BCUT2D eigenvalue weighted by Gasteiger charge is 2.44. The standard InChI is InChI=1S/C13H21Cl2N3O2S/c1-10(2)18-12(16-9-17-18)5-13(7-14,8-15)11-3-4-21(19,20)6-11/h9-11H,3-8H2,1-2H3. The molecule has 0 spiro atoms. The SMILES string of the molecule is CC(C)n1ncnc1CC(CCl)(CCl)C1CCS(=O)(=O)C1. The molecule has 0 aliphatic carbocycles. The molecule has 0 N–H and O–H groups in total. The van der Waals surface area contributed by atoms with Crippen LogP contribution >= 0.6 is 23.2 Å². The van der Waals surface area contributed by atoms with E-state index in [1.165, 1.54) is 6.33 Å². The van der Waals surface area contributed by atoms with Gasteiger partial charge in [0.15, 0.2) is 9.84 Å². The normalized spacial score (nSPS) is 22.0. The fraction of sp³-hybridized carbons (Fsp3) is 0.846. The quantitative estimate of drug-likeness (QED) is 0.736. The van der Waals surface area contributed by atoms with Crippen molar-refractivity contribution in [2.75, 3.05) is 23.3 Å². The lowest BCUT2D eigenvalue weighted by atomic mass is 9.75. The van der Waals surface area contributed by atoms with Gasteiger partial charge in [-0.25, -0.2) is 18.1 Å². The Balaban J connectivity index is 2.28. The zero-order valence-corrected chi connectivity index (χ0v) is 14.6. The van der Waals surface area contributed by atoms with Gasteiger partial charge in [-0.1, -0.05) is 0 Å². The molecule has 1 atom stereocenters. The van der Waals surface area contributed by atoms with E-state index < -0.39 is 15.3 Å². The minimum atomic E-state index is -2.96. The highest BCUT2D eigenvalue weighted by atomic mass is 35.5. The fourth-order valence-corrected chi connectivity index (χ4v) is 5.77. The predicted molar refractivity (Wildman–Crippen MR) is 84.7 cm³/mol. The Morgan fingerprint density at radius 1 is 1.43 bits per heavy atom. The Morgan fingerprint density at radius 3 is 2.57 bits per heavy atom. The summed E-state index contributed by atoms with van der Waals surface area (Å²) < 4.78 is 25.4. The first-order chi connectivity index (χ1) is 9.83. The lowest BCUT2D eigenvalue weighted by Gasteiger charge is -2.35. The van der Waals surface area contributed by atoms with Crippen LogP contribution in [0.2, 0.25) is 0 Å². The van der Waals surface area contributed by atoms with E-state index in [1.807, 2.05) is 18.5 Å². The lowest BCUT2D eigenvalue weighted by molar-refractivity contribution is 0.234. The van der Waals surface area contributed by atoms with Gasteiger partial charge in [0.25, 0.3) is 0 Å². The zero-order valence-electron chi connectivity index (χ0n) is 12.3. The van der Waals surface area contributed by atoms with Crippen molar-refractivity contribution in [2.45, 2.75) is 32.7 Å². The number of hydrogen-bond donors (Lipinski definition) is 0. The number of rotatable bonds is 6. The predicted octanol–water partition coefficient (Wildman–Crippen LogP) is 2.30. The highest BCUT2D eigenvalue weighted by molar-refractivity contribution is 7.91. The average Bonchev–Trinajstić information content (AvgIpc) is 3.02. The second-order valence-electron chi connectivity index (χ2n) is 6.12. The molecule has 0 bridgehead atoms. The van der Waals surface area contributed by atoms with Crippen molar-refractivity contribution in [1.82, 2.24) is 14.8 Å². The Kier molecular flexibility index (Phi) is 5.21. The van der Waals surface area contributed by atoms with Crippen molar-refractivity contribution in [3.63, 3.8) is 0 Å². The molecule has 2 rings (SSSR count). The van der Waals surface area contributed by atoms with Crippen LogP contribution in [0.1, 0.15) is 32.1 Å². The summed E-state index contributed by atoms with van der Waals surface area (Å²) in [5.74, 6) is 1.83. The van der Waals surface area contributed by atoms with Crippen LogP contribution < -0.4 is 0 Å². The van der Waals surface area contributed by atoms with E-state index in [1.54, 1.807) is 0 Å². The van der Waals surface area contributed by atoms with Gasteiger partial charge in [-0.15, -0.1) is 23.2 Å². The molecule has 0 saturated carbocycles. The van der Waals surface area contributed by atoms with Gasteiger partial charge in [0.1, 0.15) is 12.2 Å². The summed E-state index contributed by atoms with van der Waals surface area (Å²) in [6, 6.07) is 0.193. The Morgan fingerprint density at radius 2 is 2.10 bits per heavy atom. The molecule has 21 heavy (non-hydrogen) atoms. The number of halogens is 2. The minimum Gasteiger partial charge on any atom is -0.248 e. The van der Waals surface area contributed by atoms with Crippen molar-refractivity contribution >= 4 is 33.0 Å². The third kappa shape index (κ3) is 3.54. The summed E-state index contributed by atoms with van der Waals surface area (Å²) in [6.07, 6.45) is 2.70. The van der Waals surface area contributed by atoms with Crippen LogP contribution in [0.3, 0.4) is 0 Å². The first-order valence-electron chi connectivity index (χ1n) is 7.04. The third-order valence-electron chi connectivity index (χ3n) is 4.28. The second-order valence-corrected chi connectivity index (χ2v) is 8.88. The maximum absolute atomic E-state index is 11.8. The Labute approximate surface area is 135 Å². The fourth-order valence-electron chi connectivity index (χ4n) is 2.92. The molecule has 1 aromatic rings. The molecule has 1 aliphatic rings. The van der Waals surface area contributed by atoms with Crippen LogP contribution in [-0.4, -0.2) is 46.4 Å². The highest BCUT2D eigenvalue weighted by Crippen LogP contribution is 2.41. The van der Waals surface area contributed by atoms with Gasteiger partial charge in [-0.05, 0) is 26.2 Å². The topological polar surface area (TPSA) is 64.8 Å². The smallest absolute Gasteiger partial charge is 0.150 e. The van der Waals surface area contributed by atoms with Crippen molar-refractivity contribution in [1.29, 1.82) is 0 Å². The lowest BCUT2D eigenvalue weighted by Crippen LogP contribution is -2.38. The number of alkyl halides is 2. The Hall–Kier alpha value is -0.330. The van der Waals surface area contributed by atoms with E-state index in [0.29, 0.717) is 24.6 Å².